The van der Waals surface area contributed by atoms with Crippen molar-refractivity contribution < 1.29 is 13.9 Å². The van der Waals surface area contributed by atoms with E-state index in [4.69, 9.17) is 20.8 Å². The molecule has 1 N–H and O–H groups in total. The molecule has 4 rings (SSSR count). The van der Waals surface area contributed by atoms with Crippen LogP contribution < -0.4 is 10.1 Å². The van der Waals surface area contributed by atoms with Crippen molar-refractivity contribution in [3.05, 3.63) is 70.9 Å². The number of aryl methyl sites for hydroxylation is 1. The Kier molecular flexibility index (Phi) is 4.05. The van der Waals surface area contributed by atoms with E-state index >= 15 is 0 Å². The van der Waals surface area contributed by atoms with Crippen LogP contribution in [0.2, 0.25) is 5.02 Å². The molecule has 0 aliphatic carbocycles. The fraction of sp³-hybridized carbons (Fsp3) is 0.0952. The van der Waals surface area contributed by atoms with Gasteiger partial charge in [-0.15, -0.1) is 0 Å². The van der Waals surface area contributed by atoms with Crippen molar-refractivity contribution in [2.45, 2.75) is 6.92 Å². The Morgan fingerprint density at radius 3 is 2.58 bits per heavy atom. The summed E-state index contributed by atoms with van der Waals surface area (Å²) in [7, 11) is 1.60. The number of furan rings is 1. The van der Waals surface area contributed by atoms with Crippen LogP contribution in [0.1, 0.15) is 16.1 Å². The Morgan fingerprint density at radius 2 is 1.85 bits per heavy atom. The maximum Gasteiger partial charge on any atom is 0.259 e. The van der Waals surface area contributed by atoms with E-state index in [0.29, 0.717) is 27.7 Å². The third-order valence-corrected chi connectivity index (χ3v) is 4.69. The van der Waals surface area contributed by atoms with Crippen LogP contribution in [0.25, 0.3) is 21.7 Å². The minimum absolute atomic E-state index is 0.223. The maximum absolute atomic E-state index is 13.0. The molecule has 5 heteroatoms. The zero-order chi connectivity index (χ0) is 18.3. The van der Waals surface area contributed by atoms with E-state index in [9.17, 15) is 4.79 Å². The number of halogens is 1. The summed E-state index contributed by atoms with van der Waals surface area (Å²) in [6.45, 7) is 1.78. The Balaban J connectivity index is 1.95. The largest absolute Gasteiger partial charge is 0.497 e. The van der Waals surface area contributed by atoms with Gasteiger partial charge in [-0.2, -0.15) is 0 Å². The monoisotopic (exact) mass is 365 g/mol. The zero-order valence-electron chi connectivity index (χ0n) is 14.3. The molecule has 0 aliphatic heterocycles. The van der Waals surface area contributed by atoms with Crippen molar-refractivity contribution in [3.63, 3.8) is 0 Å². The van der Waals surface area contributed by atoms with Crippen LogP contribution in [0, 0.1) is 6.92 Å². The van der Waals surface area contributed by atoms with Crippen molar-refractivity contribution in [2.75, 3.05) is 12.4 Å². The number of carbonyl (C=O) groups is 1. The van der Waals surface area contributed by atoms with E-state index in [1.54, 1.807) is 20.1 Å². The third-order valence-electron chi connectivity index (χ3n) is 4.38. The Bertz CT molecular complexity index is 1130. The molecule has 130 valence electrons. The Hall–Kier alpha value is -2.98. The molecule has 4 nitrogen and oxygen atoms in total. The molecular weight excluding hydrogens is 350 g/mol. The molecule has 0 spiro atoms. The molecule has 26 heavy (non-hydrogen) atoms. The number of amides is 1. The number of anilines is 1. The molecular formula is C21H16ClNO3. The number of rotatable bonds is 3. The number of hydrogen-bond acceptors (Lipinski definition) is 3. The van der Waals surface area contributed by atoms with Crippen molar-refractivity contribution >= 4 is 44.9 Å². The van der Waals surface area contributed by atoms with Gasteiger partial charge in [-0.05, 0) is 42.6 Å². The highest BCUT2D eigenvalue weighted by Gasteiger charge is 2.22. The lowest BCUT2D eigenvalue weighted by atomic mass is 10.0. The van der Waals surface area contributed by atoms with E-state index in [1.807, 2.05) is 48.5 Å². The van der Waals surface area contributed by atoms with Gasteiger partial charge in [-0.1, -0.05) is 29.8 Å². The second kappa shape index (κ2) is 6.39. The third kappa shape index (κ3) is 2.68. The van der Waals surface area contributed by atoms with Gasteiger partial charge in [-0.25, -0.2) is 0 Å². The highest BCUT2D eigenvalue weighted by Crippen LogP contribution is 2.38. The topological polar surface area (TPSA) is 51.5 Å². The summed E-state index contributed by atoms with van der Waals surface area (Å²) in [5.74, 6) is 1.01. The molecule has 0 saturated heterocycles. The minimum Gasteiger partial charge on any atom is -0.497 e. The molecule has 1 amide bonds. The standard InChI is InChI=1S/C21H16ClNO3/c1-12-19(21(24)23-13-6-4-3-5-7-13)20-16-10-14(25-2)8-9-15(16)17(22)11-18(20)26-12/h3-11H,1-2H3,(H,23,24). The van der Waals surface area contributed by atoms with Crippen molar-refractivity contribution in [1.82, 2.24) is 0 Å². The first-order valence-corrected chi connectivity index (χ1v) is 8.52. The molecule has 3 aromatic carbocycles. The van der Waals surface area contributed by atoms with Gasteiger partial charge in [0.15, 0.2) is 0 Å². The van der Waals surface area contributed by atoms with Gasteiger partial charge in [-0.3, -0.25) is 4.79 Å². The van der Waals surface area contributed by atoms with Gasteiger partial charge in [0.05, 0.1) is 17.7 Å². The lowest BCUT2D eigenvalue weighted by Crippen LogP contribution is -2.12. The van der Waals surface area contributed by atoms with Gasteiger partial charge in [0, 0.05) is 22.5 Å². The number of benzene rings is 3. The molecule has 4 aromatic rings. The minimum atomic E-state index is -0.223. The molecule has 1 heterocycles. The highest BCUT2D eigenvalue weighted by atomic mass is 35.5. The van der Waals surface area contributed by atoms with E-state index in [2.05, 4.69) is 5.32 Å². The van der Waals surface area contributed by atoms with Gasteiger partial charge >= 0.3 is 0 Å². The molecule has 0 atom stereocenters. The van der Waals surface area contributed by atoms with Crippen LogP contribution in [0.5, 0.6) is 5.75 Å². The summed E-state index contributed by atoms with van der Waals surface area (Å²) in [6, 6.07) is 16.7. The number of fused-ring (bicyclic) bond motifs is 3. The summed E-state index contributed by atoms with van der Waals surface area (Å²) in [4.78, 5) is 13.0. The summed E-state index contributed by atoms with van der Waals surface area (Å²) < 4.78 is 11.2. The second-order valence-corrected chi connectivity index (χ2v) is 6.40. The number of carbonyl (C=O) groups excluding carboxylic acids is 1. The molecule has 0 fully saturated rings. The van der Waals surface area contributed by atoms with Crippen LogP contribution in [-0.4, -0.2) is 13.0 Å². The van der Waals surface area contributed by atoms with Crippen molar-refractivity contribution in [3.8, 4) is 5.75 Å². The molecule has 1 aromatic heterocycles. The molecule has 0 aliphatic rings. The maximum atomic E-state index is 13.0. The first-order valence-electron chi connectivity index (χ1n) is 8.14. The SMILES string of the molecule is COc1ccc2c(Cl)cc3oc(C)c(C(=O)Nc4ccccc4)c3c2c1. The molecule has 0 bridgehead atoms. The van der Waals surface area contributed by atoms with Gasteiger partial charge in [0.1, 0.15) is 17.1 Å². The van der Waals surface area contributed by atoms with Crippen LogP contribution in [0.4, 0.5) is 5.69 Å². The fourth-order valence-corrected chi connectivity index (χ4v) is 3.45. The first-order chi connectivity index (χ1) is 12.6. The summed E-state index contributed by atoms with van der Waals surface area (Å²) in [5, 5.41) is 5.88. The van der Waals surface area contributed by atoms with Crippen LogP contribution >= 0.6 is 11.6 Å². The average molecular weight is 366 g/mol. The molecule has 0 unspecified atom stereocenters. The average Bonchev–Trinajstić information content (AvgIpc) is 2.98. The number of methoxy groups -OCH3 is 1. The predicted molar refractivity (Wildman–Crippen MR) is 104 cm³/mol. The smallest absolute Gasteiger partial charge is 0.259 e. The summed E-state index contributed by atoms with van der Waals surface area (Å²) >= 11 is 6.40. The van der Waals surface area contributed by atoms with Crippen LogP contribution in [0.3, 0.4) is 0 Å². The van der Waals surface area contributed by atoms with E-state index in [-0.39, 0.29) is 5.91 Å². The van der Waals surface area contributed by atoms with Crippen molar-refractivity contribution in [2.24, 2.45) is 0 Å². The quantitative estimate of drug-likeness (QED) is 0.498. The Morgan fingerprint density at radius 1 is 1.08 bits per heavy atom. The van der Waals surface area contributed by atoms with Crippen molar-refractivity contribution in [1.29, 1.82) is 0 Å². The van der Waals surface area contributed by atoms with Gasteiger partial charge < -0.3 is 14.5 Å². The molecule has 0 radical (unpaired) electrons. The van der Waals surface area contributed by atoms with Crippen LogP contribution in [-0.2, 0) is 0 Å². The number of ether oxygens (including phenoxy) is 1. The molecule has 0 saturated carbocycles. The fourth-order valence-electron chi connectivity index (χ4n) is 3.18. The lowest BCUT2D eigenvalue weighted by molar-refractivity contribution is 0.102. The predicted octanol–water partition coefficient (Wildman–Crippen LogP) is 5.81. The highest BCUT2D eigenvalue weighted by molar-refractivity contribution is 6.38. The van der Waals surface area contributed by atoms with Crippen LogP contribution in [0.15, 0.2) is 59.0 Å². The number of hydrogen-bond donors (Lipinski definition) is 1. The number of nitrogens with one attached hydrogen (secondary N) is 1. The van der Waals surface area contributed by atoms with E-state index < -0.39 is 0 Å². The summed E-state index contributed by atoms with van der Waals surface area (Å²) in [6.07, 6.45) is 0. The van der Waals surface area contributed by atoms with Gasteiger partial charge in [0.25, 0.3) is 5.91 Å². The Labute approximate surface area is 155 Å². The van der Waals surface area contributed by atoms with Gasteiger partial charge in [0.2, 0.25) is 0 Å². The summed E-state index contributed by atoms with van der Waals surface area (Å²) in [5.41, 5.74) is 1.80. The number of para-hydroxylation sites is 1. The van der Waals surface area contributed by atoms with E-state index in [1.165, 1.54) is 0 Å². The lowest BCUT2D eigenvalue weighted by Gasteiger charge is -2.08. The van der Waals surface area contributed by atoms with E-state index in [0.717, 1.165) is 21.8 Å². The zero-order valence-corrected chi connectivity index (χ0v) is 15.1. The second-order valence-electron chi connectivity index (χ2n) is 6.00. The normalized spacial score (nSPS) is 11.0. The first kappa shape index (κ1) is 16.5.